The summed E-state index contributed by atoms with van der Waals surface area (Å²) in [6.45, 7) is 20.4. The molecule has 2 aliphatic rings. The van der Waals surface area contributed by atoms with Crippen LogP contribution in [0.1, 0.15) is 95.0 Å². The highest BCUT2D eigenvalue weighted by molar-refractivity contribution is 7.80. The Kier molecular flexibility index (Phi) is 14.7. The molecule has 2 saturated heterocycles. The van der Waals surface area contributed by atoms with Crippen molar-refractivity contribution >= 4 is 41.1 Å². The van der Waals surface area contributed by atoms with Gasteiger partial charge in [-0.25, -0.2) is 4.98 Å². The highest BCUT2D eigenvalue weighted by Crippen LogP contribution is 2.35. The molecule has 0 radical (unpaired) electrons. The van der Waals surface area contributed by atoms with Crippen LogP contribution in [0.5, 0.6) is 0 Å². The van der Waals surface area contributed by atoms with Crippen molar-refractivity contribution in [3.8, 4) is 6.07 Å². The van der Waals surface area contributed by atoms with Gasteiger partial charge in [0.25, 0.3) is 0 Å². The van der Waals surface area contributed by atoms with E-state index < -0.39 is 0 Å². The number of hydrogen-bond donors (Lipinski definition) is 2. The molecular weight excluding hydrogens is 583 g/mol. The normalized spacial score (nSPS) is 15.3. The van der Waals surface area contributed by atoms with E-state index in [2.05, 4.69) is 110 Å². The number of pyridine rings is 1. The Hall–Kier alpha value is -3.78. The second kappa shape index (κ2) is 18.4. The third kappa shape index (κ3) is 9.86. The molecule has 2 fully saturated rings. The quantitative estimate of drug-likeness (QED) is 0.140. The van der Waals surface area contributed by atoms with Gasteiger partial charge in [0.05, 0.1) is 22.7 Å². The largest absolute Gasteiger partial charge is 0.372 e. The van der Waals surface area contributed by atoms with Crippen LogP contribution in [0.4, 0.5) is 0 Å². The molecule has 0 spiro atoms. The number of rotatable bonds is 9. The van der Waals surface area contributed by atoms with Crippen LogP contribution in [-0.4, -0.2) is 47.2 Å². The maximum atomic E-state index is 9.59. The van der Waals surface area contributed by atoms with E-state index >= 15 is 0 Å². The fourth-order valence-electron chi connectivity index (χ4n) is 5.92. The number of nitrogens with one attached hydrogen (secondary N) is 1. The summed E-state index contributed by atoms with van der Waals surface area (Å²) in [5.74, 6) is 0. The number of nitriles is 1. The number of thiol groups is 1. The zero-order valence-electron chi connectivity index (χ0n) is 28.5. The van der Waals surface area contributed by atoms with Crippen molar-refractivity contribution < 1.29 is 0 Å². The van der Waals surface area contributed by atoms with Gasteiger partial charge in [-0.2, -0.15) is 5.26 Å². The zero-order valence-corrected chi connectivity index (χ0v) is 29.4. The number of nitrogens with zero attached hydrogens (tertiary/aromatic N) is 4. The van der Waals surface area contributed by atoms with Gasteiger partial charge in [0, 0.05) is 47.7 Å². The van der Waals surface area contributed by atoms with E-state index in [1.807, 2.05) is 13.8 Å². The lowest BCUT2D eigenvalue weighted by Crippen LogP contribution is -2.37. The smallest absolute Gasteiger partial charge is 0.106 e. The number of likely N-dealkylation sites (tertiary alicyclic amines) is 2. The van der Waals surface area contributed by atoms with E-state index in [1.165, 1.54) is 36.6 Å². The number of fused-ring (bicyclic) bond motifs is 1. The van der Waals surface area contributed by atoms with Crippen LogP contribution < -0.4 is 0 Å². The number of piperidine rings is 2. The standard InChI is InChI=1S/C34H38N4S.C4H9N.C2H6/c1-4-33(38-20-16-34(3,24-35)17-21-38)32-23-29(25(2)37-18-6-5-7-19-37)30-22-27(12-15-31(30)36-32)9-8-26-10-13-28(39)14-11-26;1-2-3-4-5;1-2/h10-15,22-23,39H,1-2,5-9,16-21H2,3H3;4-5H,2-3H2,1H3;1-2H3. The molecule has 0 bridgehead atoms. The first kappa shape index (κ1) is 36.7. The number of aryl methyl sites for hydroxylation is 2. The topological polar surface area (TPSA) is 67.0 Å². The minimum Gasteiger partial charge on any atom is -0.372 e. The number of benzene rings is 2. The molecule has 1 N–H and O–H groups in total. The van der Waals surface area contributed by atoms with Crippen LogP contribution in [-0.2, 0) is 12.8 Å². The van der Waals surface area contributed by atoms with Crippen molar-refractivity contribution in [2.24, 2.45) is 5.41 Å². The number of aromatic nitrogens is 1. The maximum absolute atomic E-state index is 9.59. The van der Waals surface area contributed by atoms with Gasteiger partial charge in [-0.05, 0) is 106 Å². The monoisotopic (exact) mass is 635 g/mol. The van der Waals surface area contributed by atoms with E-state index in [0.29, 0.717) is 0 Å². The summed E-state index contributed by atoms with van der Waals surface area (Å²) < 4.78 is 0. The van der Waals surface area contributed by atoms with Crippen LogP contribution in [0.3, 0.4) is 0 Å². The summed E-state index contributed by atoms with van der Waals surface area (Å²) in [7, 11) is 0. The van der Waals surface area contributed by atoms with Gasteiger partial charge < -0.3 is 15.2 Å². The maximum Gasteiger partial charge on any atom is 0.106 e. The molecule has 0 atom stereocenters. The van der Waals surface area contributed by atoms with Crippen LogP contribution in [0, 0.1) is 22.2 Å². The summed E-state index contributed by atoms with van der Waals surface area (Å²) in [5.41, 5.74) is 10.5. The average Bonchev–Trinajstić information content (AvgIpc) is 3.10. The van der Waals surface area contributed by atoms with Gasteiger partial charge in [-0.3, -0.25) is 0 Å². The molecule has 1 aromatic heterocycles. The molecule has 2 aromatic carbocycles. The molecule has 0 unspecified atom stereocenters. The molecule has 0 saturated carbocycles. The second-order valence-corrected chi connectivity index (χ2v) is 12.8. The first-order valence-electron chi connectivity index (χ1n) is 17.0. The van der Waals surface area contributed by atoms with Gasteiger partial charge in [0.1, 0.15) is 5.70 Å². The summed E-state index contributed by atoms with van der Waals surface area (Å²) in [5, 5.41) is 17.2. The van der Waals surface area contributed by atoms with Gasteiger partial charge in [-0.15, -0.1) is 18.4 Å². The fourth-order valence-corrected chi connectivity index (χ4v) is 6.07. The van der Waals surface area contributed by atoms with E-state index in [0.717, 1.165) is 103 Å². The Bertz CT molecular complexity index is 1530. The molecule has 3 heterocycles. The van der Waals surface area contributed by atoms with E-state index in [9.17, 15) is 5.26 Å². The average molecular weight is 636 g/mol. The highest BCUT2D eigenvalue weighted by atomic mass is 32.1. The van der Waals surface area contributed by atoms with E-state index in [-0.39, 0.29) is 5.41 Å². The molecule has 5 nitrogen and oxygen atoms in total. The van der Waals surface area contributed by atoms with Crippen molar-refractivity contribution in [1.29, 1.82) is 10.7 Å². The van der Waals surface area contributed by atoms with Gasteiger partial charge in [-0.1, -0.05) is 58.5 Å². The lowest BCUT2D eigenvalue weighted by atomic mass is 9.82. The molecule has 0 amide bonds. The number of hydrogen-bond acceptors (Lipinski definition) is 6. The van der Waals surface area contributed by atoms with Crippen LogP contribution in [0.25, 0.3) is 22.3 Å². The Morgan fingerprint density at radius 3 is 2.17 bits per heavy atom. The van der Waals surface area contributed by atoms with Crippen LogP contribution in [0.2, 0.25) is 0 Å². The first-order valence-corrected chi connectivity index (χ1v) is 17.5. The van der Waals surface area contributed by atoms with Crippen molar-refractivity contribution in [2.75, 3.05) is 26.2 Å². The molecule has 6 heteroatoms. The van der Waals surface area contributed by atoms with Gasteiger partial charge in [0.2, 0.25) is 0 Å². The number of unbranched alkanes of at least 4 members (excludes halogenated alkanes) is 1. The Morgan fingerprint density at radius 2 is 1.61 bits per heavy atom. The molecule has 2 aliphatic heterocycles. The van der Waals surface area contributed by atoms with Gasteiger partial charge >= 0.3 is 0 Å². The van der Waals surface area contributed by atoms with Gasteiger partial charge in [0.15, 0.2) is 0 Å². The minimum absolute atomic E-state index is 0.265. The Morgan fingerprint density at radius 1 is 0.978 bits per heavy atom. The molecule has 244 valence electrons. The third-order valence-corrected chi connectivity index (χ3v) is 9.15. The lowest BCUT2D eigenvalue weighted by molar-refractivity contribution is 0.215. The predicted octanol–water partition coefficient (Wildman–Crippen LogP) is 9.98. The molecule has 5 rings (SSSR count). The van der Waals surface area contributed by atoms with Crippen molar-refractivity contribution in [3.63, 3.8) is 0 Å². The summed E-state index contributed by atoms with van der Waals surface area (Å²) in [6, 6.07) is 19.8. The lowest BCUT2D eigenvalue weighted by Gasteiger charge is -2.37. The summed E-state index contributed by atoms with van der Waals surface area (Å²) >= 11 is 4.41. The summed E-state index contributed by atoms with van der Waals surface area (Å²) in [6.07, 6.45) is 10.7. The zero-order chi connectivity index (χ0) is 33.5. The van der Waals surface area contributed by atoms with Crippen LogP contribution in [0.15, 0.2) is 72.3 Å². The highest BCUT2D eigenvalue weighted by Gasteiger charge is 2.31. The Labute approximate surface area is 283 Å². The fraction of sp³-hybridized carbons (Fsp3) is 0.450. The van der Waals surface area contributed by atoms with E-state index in [4.69, 9.17) is 10.4 Å². The van der Waals surface area contributed by atoms with Crippen molar-refractivity contribution in [2.45, 2.75) is 90.4 Å². The molecular formula is C40H53N5S. The third-order valence-electron chi connectivity index (χ3n) is 8.86. The SMILES string of the molecule is C=C=C(c1cc(C(=C)N2CCCCC2)c2cc(CCc3ccc(S)cc3)ccc2n1)N1CCC(C)(C#N)CC1.CC.CCCC=N. The molecule has 46 heavy (non-hydrogen) atoms. The first-order chi connectivity index (χ1) is 22.3. The van der Waals surface area contributed by atoms with Crippen molar-refractivity contribution in [1.82, 2.24) is 14.8 Å². The summed E-state index contributed by atoms with van der Waals surface area (Å²) in [4.78, 5) is 10.8. The predicted molar refractivity (Wildman–Crippen MR) is 199 cm³/mol. The van der Waals surface area contributed by atoms with E-state index in [1.54, 1.807) is 0 Å². The minimum atomic E-state index is -0.265. The van der Waals surface area contributed by atoms with Crippen LogP contribution >= 0.6 is 12.6 Å². The molecule has 0 aliphatic carbocycles. The second-order valence-electron chi connectivity index (χ2n) is 12.2. The Balaban J connectivity index is 0.000000752. The van der Waals surface area contributed by atoms with Crippen molar-refractivity contribution in [3.05, 3.63) is 89.8 Å². The molecule has 3 aromatic rings.